The predicted molar refractivity (Wildman–Crippen MR) is 66.8 cm³/mol. The van der Waals surface area contributed by atoms with Crippen LogP contribution in [0, 0.1) is 5.92 Å². The molecule has 0 bridgehead atoms. The minimum absolute atomic E-state index is 0.149. The topological polar surface area (TPSA) is 40.5 Å². The van der Waals surface area contributed by atoms with Gasteiger partial charge in [0, 0.05) is 6.07 Å². The normalized spacial score (nSPS) is 12.6. The lowest BCUT2D eigenvalue weighted by atomic mass is 9.95. The van der Waals surface area contributed by atoms with Gasteiger partial charge in [-0.15, -0.1) is 0 Å². The Morgan fingerprint density at radius 2 is 1.69 bits per heavy atom. The summed E-state index contributed by atoms with van der Waals surface area (Å²) >= 11 is 0. The Kier molecular flexibility index (Phi) is 5.17. The van der Waals surface area contributed by atoms with E-state index in [1.54, 1.807) is 12.1 Å². The molecule has 0 aliphatic carbocycles. The summed E-state index contributed by atoms with van der Waals surface area (Å²) < 4.78 is 0. The van der Waals surface area contributed by atoms with Gasteiger partial charge in [0.15, 0.2) is 0 Å². The van der Waals surface area contributed by atoms with Crippen molar-refractivity contribution in [2.24, 2.45) is 5.92 Å². The summed E-state index contributed by atoms with van der Waals surface area (Å²) in [5.41, 5.74) is 1.02. The first-order valence-electron chi connectivity index (χ1n) is 6.13. The summed E-state index contributed by atoms with van der Waals surface area (Å²) in [6.07, 6.45) is 5.94. The highest BCUT2D eigenvalue weighted by atomic mass is 16.3. The molecular formula is C14H22O2. The number of unbranched alkanes of at least 4 members (excludes halogenated alkanes) is 2. The van der Waals surface area contributed by atoms with Crippen molar-refractivity contribution in [3.8, 4) is 11.5 Å². The zero-order valence-electron chi connectivity index (χ0n) is 10.2. The smallest absolute Gasteiger partial charge is 0.119 e. The number of hydrogen-bond acceptors (Lipinski definition) is 2. The summed E-state index contributed by atoms with van der Waals surface area (Å²) in [7, 11) is 0. The molecule has 0 aromatic heterocycles. The van der Waals surface area contributed by atoms with Crippen molar-refractivity contribution in [2.45, 2.75) is 46.0 Å². The van der Waals surface area contributed by atoms with Gasteiger partial charge in [-0.2, -0.15) is 0 Å². The first kappa shape index (κ1) is 12.9. The second-order valence-corrected chi connectivity index (χ2v) is 4.66. The Labute approximate surface area is 97.9 Å². The molecule has 1 atom stereocenters. The van der Waals surface area contributed by atoms with E-state index in [0.717, 1.165) is 12.0 Å². The summed E-state index contributed by atoms with van der Waals surface area (Å²) in [6, 6.07) is 4.83. The third-order valence-electron chi connectivity index (χ3n) is 2.85. The molecule has 2 N–H and O–H groups in total. The Morgan fingerprint density at radius 1 is 1.06 bits per heavy atom. The third-order valence-corrected chi connectivity index (χ3v) is 2.85. The van der Waals surface area contributed by atoms with Gasteiger partial charge in [-0.05, 0) is 30.0 Å². The molecule has 16 heavy (non-hydrogen) atoms. The lowest BCUT2D eigenvalue weighted by molar-refractivity contribution is 0.445. The summed E-state index contributed by atoms with van der Waals surface area (Å²) in [4.78, 5) is 0. The van der Waals surface area contributed by atoms with Crippen molar-refractivity contribution < 1.29 is 10.2 Å². The first-order valence-corrected chi connectivity index (χ1v) is 6.13. The fourth-order valence-electron chi connectivity index (χ4n) is 2.02. The molecule has 0 unspecified atom stereocenters. The number of phenolic OH excluding ortho intramolecular Hbond substituents is 2. The second kappa shape index (κ2) is 6.41. The van der Waals surface area contributed by atoms with Gasteiger partial charge in [0.2, 0.25) is 0 Å². The van der Waals surface area contributed by atoms with Gasteiger partial charge in [-0.3, -0.25) is 0 Å². The highest BCUT2D eigenvalue weighted by molar-refractivity contribution is 5.36. The molecule has 0 amide bonds. The van der Waals surface area contributed by atoms with Gasteiger partial charge < -0.3 is 10.2 Å². The molecule has 0 saturated carbocycles. The van der Waals surface area contributed by atoms with Gasteiger partial charge in [-0.25, -0.2) is 0 Å². The standard InChI is InChI=1S/C14H22O2/c1-3-4-5-6-11(2)7-12-8-13(15)10-14(16)9-12/h8-11,15-16H,3-7H2,1-2H3/t11-/m1/s1. The molecule has 0 aliphatic rings. The van der Waals surface area contributed by atoms with E-state index in [4.69, 9.17) is 0 Å². The van der Waals surface area contributed by atoms with Crippen molar-refractivity contribution >= 4 is 0 Å². The molecule has 2 heteroatoms. The zero-order chi connectivity index (χ0) is 12.0. The van der Waals surface area contributed by atoms with Crippen LogP contribution >= 0.6 is 0 Å². The van der Waals surface area contributed by atoms with Crippen LogP contribution in [0.4, 0.5) is 0 Å². The molecule has 0 radical (unpaired) electrons. The van der Waals surface area contributed by atoms with Crippen LogP contribution in [0.25, 0.3) is 0 Å². The zero-order valence-corrected chi connectivity index (χ0v) is 10.2. The van der Waals surface area contributed by atoms with Crippen LogP contribution in [0.1, 0.15) is 45.1 Å². The van der Waals surface area contributed by atoms with E-state index in [1.165, 1.54) is 31.7 Å². The van der Waals surface area contributed by atoms with Crippen molar-refractivity contribution in [1.29, 1.82) is 0 Å². The lowest BCUT2D eigenvalue weighted by Gasteiger charge is -2.11. The SMILES string of the molecule is CCCCC[C@@H](C)Cc1cc(O)cc(O)c1. The molecule has 1 aromatic carbocycles. The van der Waals surface area contributed by atoms with E-state index >= 15 is 0 Å². The van der Waals surface area contributed by atoms with Gasteiger partial charge in [0.1, 0.15) is 11.5 Å². The maximum Gasteiger partial charge on any atom is 0.119 e. The van der Waals surface area contributed by atoms with Crippen LogP contribution in [-0.2, 0) is 6.42 Å². The Bertz CT molecular complexity index is 300. The van der Waals surface area contributed by atoms with Gasteiger partial charge in [0.05, 0.1) is 0 Å². The monoisotopic (exact) mass is 222 g/mol. The number of rotatable bonds is 6. The molecule has 0 heterocycles. The number of hydrogen-bond donors (Lipinski definition) is 2. The van der Waals surface area contributed by atoms with Crippen LogP contribution in [-0.4, -0.2) is 10.2 Å². The number of benzene rings is 1. The van der Waals surface area contributed by atoms with E-state index in [-0.39, 0.29) is 11.5 Å². The van der Waals surface area contributed by atoms with E-state index in [2.05, 4.69) is 13.8 Å². The molecule has 0 spiro atoms. The van der Waals surface area contributed by atoms with Crippen molar-refractivity contribution in [2.75, 3.05) is 0 Å². The summed E-state index contributed by atoms with van der Waals surface area (Å²) in [5.74, 6) is 0.902. The number of aromatic hydroxyl groups is 2. The van der Waals surface area contributed by atoms with Gasteiger partial charge in [-0.1, -0.05) is 39.5 Å². The molecule has 1 rings (SSSR count). The minimum atomic E-state index is 0.149. The quantitative estimate of drug-likeness (QED) is 0.717. The Morgan fingerprint density at radius 3 is 2.25 bits per heavy atom. The fraction of sp³-hybridized carbons (Fsp3) is 0.571. The van der Waals surface area contributed by atoms with Crippen molar-refractivity contribution in [3.05, 3.63) is 23.8 Å². The Hall–Kier alpha value is -1.18. The van der Waals surface area contributed by atoms with E-state index in [9.17, 15) is 10.2 Å². The van der Waals surface area contributed by atoms with Gasteiger partial charge >= 0.3 is 0 Å². The summed E-state index contributed by atoms with van der Waals surface area (Å²) in [6.45, 7) is 4.43. The second-order valence-electron chi connectivity index (χ2n) is 4.66. The van der Waals surface area contributed by atoms with Crippen LogP contribution in [0.2, 0.25) is 0 Å². The molecule has 1 aromatic rings. The van der Waals surface area contributed by atoms with E-state index in [0.29, 0.717) is 5.92 Å². The van der Waals surface area contributed by atoms with Gasteiger partial charge in [0.25, 0.3) is 0 Å². The lowest BCUT2D eigenvalue weighted by Crippen LogP contribution is -1.99. The predicted octanol–water partition coefficient (Wildman–Crippen LogP) is 3.86. The first-order chi connectivity index (χ1) is 7.61. The highest BCUT2D eigenvalue weighted by Gasteiger charge is 2.05. The van der Waals surface area contributed by atoms with E-state index < -0.39 is 0 Å². The highest BCUT2D eigenvalue weighted by Crippen LogP contribution is 2.23. The molecule has 0 saturated heterocycles. The minimum Gasteiger partial charge on any atom is -0.508 e. The number of phenols is 2. The molecule has 0 fully saturated rings. The average Bonchev–Trinajstić information content (AvgIpc) is 2.16. The molecule has 90 valence electrons. The Balaban J connectivity index is 2.45. The van der Waals surface area contributed by atoms with Crippen molar-refractivity contribution in [3.63, 3.8) is 0 Å². The van der Waals surface area contributed by atoms with Crippen LogP contribution in [0.15, 0.2) is 18.2 Å². The van der Waals surface area contributed by atoms with Crippen LogP contribution in [0.3, 0.4) is 0 Å². The molecule has 2 nitrogen and oxygen atoms in total. The third kappa shape index (κ3) is 4.56. The van der Waals surface area contributed by atoms with Crippen molar-refractivity contribution in [1.82, 2.24) is 0 Å². The van der Waals surface area contributed by atoms with Crippen LogP contribution in [0.5, 0.6) is 11.5 Å². The fourth-order valence-corrected chi connectivity index (χ4v) is 2.02. The molecular weight excluding hydrogens is 200 g/mol. The molecule has 0 aliphatic heterocycles. The average molecular weight is 222 g/mol. The maximum atomic E-state index is 9.36. The summed E-state index contributed by atoms with van der Waals surface area (Å²) in [5, 5.41) is 18.7. The van der Waals surface area contributed by atoms with Crippen LogP contribution < -0.4 is 0 Å². The maximum absolute atomic E-state index is 9.36. The largest absolute Gasteiger partial charge is 0.508 e. The van der Waals surface area contributed by atoms with E-state index in [1.807, 2.05) is 0 Å².